The van der Waals surface area contributed by atoms with Gasteiger partial charge in [0, 0.05) is 31.9 Å². The summed E-state index contributed by atoms with van der Waals surface area (Å²) >= 11 is 0. The third-order valence-corrected chi connectivity index (χ3v) is 5.08. The first-order chi connectivity index (χ1) is 13.6. The Morgan fingerprint density at radius 2 is 1.64 bits per heavy atom. The first kappa shape index (κ1) is 19.9. The number of ether oxygens (including phenoxy) is 2. The molecular weight excluding hydrogens is 354 g/mol. The first-order valence-electron chi connectivity index (χ1n) is 9.78. The minimum atomic E-state index is -0.102. The number of carbonyl (C=O) groups is 1. The van der Waals surface area contributed by atoms with Crippen LogP contribution < -0.4 is 19.7 Å². The lowest BCUT2D eigenvalue weighted by atomic mass is 10.1. The third kappa shape index (κ3) is 4.68. The fourth-order valence-electron chi connectivity index (χ4n) is 3.36. The molecule has 6 heteroatoms. The van der Waals surface area contributed by atoms with Crippen molar-refractivity contribution >= 4 is 11.7 Å². The molecule has 2 aromatic carbocycles. The van der Waals surface area contributed by atoms with Crippen molar-refractivity contribution in [3.05, 3.63) is 53.6 Å². The number of aryl methyl sites for hydroxylation is 1. The van der Waals surface area contributed by atoms with E-state index in [0.717, 1.165) is 13.1 Å². The van der Waals surface area contributed by atoms with Gasteiger partial charge in [-0.25, -0.2) is 4.79 Å². The van der Waals surface area contributed by atoms with Gasteiger partial charge in [0.15, 0.2) is 18.2 Å². The van der Waals surface area contributed by atoms with Crippen LogP contribution in [0.25, 0.3) is 0 Å². The standard InChI is InChI=1S/C22H29N3O3/c1-4-27-20-10-5-6-11-21(20)28-16-23-22(26)25-14-12-24(13-15-25)19-9-7-8-17(2)18(19)3/h5-11H,4,12-16H2,1-3H3,(H,23,26). The SMILES string of the molecule is CCOc1ccccc1OCNC(=O)N1CCN(c2cccc(C)c2C)CC1. The predicted molar refractivity (Wildman–Crippen MR) is 111 cm³/mol. The molecule has 1 saturated heterocycles. The van der Waals surface area contributed by atoms with Crippen LogP contribution in [-0.4, -0.2) is 50.4 Å². The van der Waals surface area contributed by atoms with Crippen molar-refractivity contribution in [3.8, 4) is 11.5 Å². The van der Waals surface area contributed by atoms with Crippen molar-refractivity contribution in [2.75, 3.05) is 44.4 Å². The average Bonchev–Trinajstić information content (AvgIpc) is 2.71. The molecule has 2 aromatic rings. The van der Waals surface area contributed by atoms with Crippen LogP contribution in [0.1, 0.15) is 18.1 Å². The van der Waals surface area contributed by atoms with E-state index >= 15 is 0 Å². The van der Waals surface area contributed by atoms with Crippen molar-refractivity contribution in [1.29, 1.82) is 0 Å². The second-order valence-electron chi connectivity index (χ2n) is 6.84. The van der Waals surface area contributed by atoms with E-state index in [1.54, 1.807) is 0 Å². The highest BCUT2D eigenvalue weighted by molar-refractivity contribution is 5.74. The highest BCUT2D eigenvalue weighted by Crippen LogP contribution is 2.26. The van der Waals surface area contributed by atoms with Gasteiger partial charge in [-0.05, 0) is 50.1 Å². The van der Waals surface area contributed by atoms with Crippen molar-refractivity contribution < 1.29 is 14.3 Å². The zero-order chi connectivity index (χ0) is 19.9. The summed E-state index contributed by atoms with van der Waals surface area (Å²) in [4.78, 5) is 16.6. The van der Waals surface area contributed by atoms with Crippen LogP contribution in [0.3, 0.4) is 0 Å². The Morgan fingerprint density at radius 3 is 2.32 bits per heavy atom. The van der Waals surface area contributed by atoms with E-state index in [2.05, 4.69) is 42.3 Å². The number of hydrogen-bond acceptors (Lipinski definition) is 4. The highest BCUT2D eigenvalue weighted by Gasteiger charge is 2.22. The number of amides is 2. The van der Waals surface area contributed by atoms with E-state index in [9.17, 15) is 4.79 Å². The number of nitrogens with zero attached hydrogens (tertiary/aromatic N) is 2. The molecule has 28 heavy (non-hydrogen) atoms. The Bertz CT molecular complexity index is 801. The molecule has 0 atom stereocenters. The number of rotatable bonds is 6. The number of urea groups is 1. The van der Waals surface area contributed by atoms with Gasteiger partial charge in [-0.2, -0.15) is 0 Å². The monoisotopic (exact) mass is 383 g/mol. The number of benzene rings is 2. The topological polar surface area (TPSA) is 54.0 Å². The molecular formula is C22H29N3O3. The Kier molecular flexibility index (Phi) is 6.63. The van der Waals surface area contributed by atoms with Crippen molar-refractivity contribution in [3.63, 3.8) is 0 Å². The van der Waals surface area contributed by atoms with Crippen LogP contribution in [0.5, 0.6) is 11.5 Å². The van der Waals surface area contributed by atoms with Crippen LogP contribution in [0, 0.1) is 13.8 Å². The molecule has 0 unspecified atom stereocenters. The average molecular weight is 383 g/mol. The van der Waals surface area contributed by atoms with E-state index in [1.807, 2.05) is 36.1 Å². The van der Waals surface area contributed by atoms with Gasteiger partial charge in [0.1, 0.15) is 0 Å². The Hall–Kier alpha value is -2.89. The van der Waals surface area contributed by atoms with Crippen molar-refractivity contribution in [1.82, 2.24) is 10.2 Å². The van der Waals surface area contributed by atoms with E-state index in [1.165, 1.54) is 16.8 Å². The molecule has 0 radical (unpaired) electrons. The van der Waals surface area contributed by atoms with Gasteiger partial charge in [-0.3, -0.25) is 0 Å². The quantitative estimate of drug-likeness (QED) is 0.775. The summed E-state index contributed by atoms with van der Waals surface area (Å²) in [6, 6.07) is 13.7. The van der Waals surface area contributed by atoms with Crippen LogP contribution in [-0.2, 0) is 0 Å². The first-order valence-corrected chi connectivity index (χ1v) is 9.78. The maximum absolute atomic E-state index is 12.4. The summed E-state index contributed by atoms with van der Waals surface area (Å²) in [5.74, 6) is 1.31. The fraction of sp³-hybridized carbons (Fsp3) is 0.409. The highest BCUT2D eigenvalue weighted by atomic mass is 16.5. The molecule has 0 saturated carbocycles. The van der Waals surface area contributed by atoms with Crippen LogP contribution in [0.2, 0.25) is 0 Å². The van der Waals surface area contributed by atoms with Gasteiger partial charge in [0.2, 0.25) is 0 Å². The molecule has 1 aliphatic heterocycles. The lowest BCUT2D eigenvalue weighted by Gasteiger charge is -2.37. The van der Waals surface area contributed by atoms with Crippen molar-refractivity contribution in [2.45, 2.75) is 20.8 Å². The predicted octanol–water partition coefficient (Wildman–Crippen LogP) is 3.57. The third-order valence-electron chi connectivity index (χ3n) is 5.08. The van der Waals surface area contributed by atoms with E-state index < -0.39 is 0 Å². The summed E-state index contributed by atoms with van der Waals surface area (Å²) in [5.41, 5.74) is 3.86. The van der Waals surface area contributed by atoms with E-state index in [0.29, 0.717) is 31.2 Å². The van der Waals surface area contributed by atoms with Crippen LogP contribution >= 0.6 is 0 Å². The lowest BCUT2D eigenvalue weighted by Crippen LogP contribution is -2.52. The van der Waals surface area contributed by atoms with Crippen LogP contribution in [0.15, 0.2) is 42.5 Å². The largest absolute Gasteiger partial charge is 0.490 e. The molecule has 1 aliphatic rings. The molecule has 0 aliphatic carbocycles. The maximum atomic E-state index is 12.4. The fourth-order valence-corrected chi connectivity index (χ4v) is 3.36. The molecule has 1 fully saturated rings. The lowest BCUT2D eigenvalue weighted by molar-refractivity contribution is 0.180. The van der Waals surface area contributed by atoms with E-state index in [4.69, 9.17) is 9.47 Å². The normalized spacial score (nSPS) is 14.0. The Balaban J connectivity index is 1.47. The molecule has 1 N–H and O–H groups in total. The zero-order valence-electron chi connectivity index (χ0n) is 16.9. The summed E-state index contributed by atoms with van der Waals surface area (Å²) < 4.78 is 11.2. The number of hydrogen-bond donors (Lipinski definition) is 1. The van der Waals surface area contributed by atoms with E-state index in [-0.39, 0.29) is 12.8 Å². The number of nitrogens with one attached hydrogen (secondary N) is 1. The maximum Gasteiger partial charge on any atom is 0.320 e. The summed E-state index contributed by atoms with van der Waals surface area (Å²) in [6.07, 6.45) is 0. The number of piperazine rings is 1. The number of para-hydroxylation sites is 2. The molecule has 150 valence electrons. The van der Waals surface area contributed by atoms with Gasteiger partial charge in [0.05, 0.1) is 6.61 Å². The number of anilines is 1. The smallest absolute Gasteiger partial charge is 0.320 e. The molecule has 6 nitrogen and oxygen atoms in total. The van der Waals surface area contributed by atoms with Crippen LogP contribution in [0.4, 0.5) is 10.5 Å². The van der Waals surface area contributed by atoms with Gasteiger partial charge < -0.3 is 24.6 Å². The van der Waals surface area contributed by atoms with Gasteiger partial charge in [-0.1, -0.05) is 24.3 Å². The van der Waals surface area contributed by atoms with Gasteiger partial charge in [-0.15, -0.1) is 0 Å². The molecule has 0 aromatic heterocycles. The number of carbonyl (C=O) groups excluding carboxylic acids is 1. The second-order valence-corrected chi connectivity index (χ2v) is 6.84. The minimum Gasteiger partial charge on any atom is -0.490 e. The van der Waals surface area contributed by atoms with Crippen molar-refractivity contribution in [2.24, 2.45) is 0 Å². The molecule has 0 spiro atoms. The Morgan fingerprint density at radius 1 is 0.964 bits per heavy atom. The summed E-state index contributed by atoms with van der Waals surface area (Å²) in [7, 11) is 0. The minimum absolute atomic E-state index is 0.102. The Labute approximate surface area is 167 Å². The summed E-state index contributed by atoms with van der Waals surface area (Å²) in [5, 5.41) is 2.84. The molecule has 2 amide bonds. The van der Waals surface area contributed by atoms with Gasteiger partial charge >= 0.3 is 6.03 Å². The zero-order valence-corrected chi connectivity index (χ0v) is 16.9. The molecule has 1 heterocycles. The second kappa shape index (κ2) is 9.35. The summed E-state index contributed by atoms with van der Waals surface area (Å²) in [6.45, 7) is 9.92. The molecule has 0 bridgehead atoms. The molecule has 3 rings (SSSR count). The van der Waals surface area contributed by atoms with Gasteiger partial charge in [0.25, 0.3) is 0 Å².